The molecule has 1 saturated carbocycles. The minimum Gasteiger partial charge on any atom is -0.381 e. The van der Waals surface area contributed by atoms with E-state index in [1.165, 1.54) is 76.2 Å². The van der Waals surface area contributed by atoms with Crippen LogP contribution in [0.15, 0.2) is 74.1 Å². The normalized spacial score (nSPS) is 20.2. The van der Waals surface area contributed by atoms with Gasteiger partial charge in [-0.05, 0) is 132 Å². The van der Waals surface area contributed by atoms with Gasteiger partial charge in [-0.3, -0.25) is 15.3 Å². The summed E-state index contributed by atoms with van der Waals surface area (Å²) in [6, 6.07) is 10.8. The SMILES string of the molecule is C#CC.C=CC(Cc1nc(-c2ccc3c(c2)c(CC(C)(C)C)c(-c2cc(N4CCN(C5CC5)CC4)cnc2C(C)CC)n3CC)sc1/C=C/[C@@H]1C(C=C)CCN1S)NC(=C)[C@H](C(C)C)N(C)C.CN1CCCCN1. The van der Waals surface area contributed by atoms with Crippen molar-refractivity contribution in [2.24, 2.45) is 17.3 Å². The van der Waals surface area contributed by atoms with Gasteiger partial charge in [-0.25, -0.2) is 14.3 Å². The van der Waals surface area contributed by atoms with E-state index in [4.69, 9.17) is 22.8 Å². The van der Waals surface area contributed by atoms with E-state index < -0.39 is 0 Å². The summed E-state index contributed by atoms with van der Waals surface area (Å²) < 4.78 is 4.72. The zero-order valence-electron chi connectivity index (χ0n) is 47.7. The first-order chi connectivity index (χ1) is 35.4. The van der Waals surface area contributed by atoms with Crippen LogP contribution in [0.2, 0.25) is 0 Å². The molecule has 2 N–H and O–H groups in total. The summed E-state index contributed by atoms with van der Waals surface area (Å²) >= 11 is 6.64. The lowest BCUT2D eigenvalue weighted by Crippen LogP contribution is -2.47. The Kier molecular flexibility index (Phi) is 21.7. The van der Waals surface area contributed by atoms with Crippen LogP contribution in [0.4, 0.5) is 5.69 Å². The Morgan fingerprint density at radius 2 is 1.76 bits per heavy atom. The number of benzene rings is 1. The molecule has 12 heteroatoms. The van der Waals surface area contributed by atoms with E-state index in [-0.39, 0.29) is 23.5 Å². The van der Waals surface area contributed by atoms with E-state index in [9.17, 15) is 0 Å². The number of nitrogens with one attached hydrogen (secondary N) is 2. The minimum atomic E-state index is -0.0299. The van der Waals surface area contributed by atoms with Crippen molar-refractivity contribution in [1.82, 2.24) is 44.4 Å². The molecule has 5 atom stereocenters. The van der Waals surface area contributed by atoms with Crippen LogP contribution in [0.3, 0.4) is 0 Å². The standard InChI is InChI=1S/C54H78N8S2.C5H12N2.C3H4/c1-14-36(7)50-44(32-42(34-55-50)60-28-26-59(27-29-60)41-19-20-41)52-45(33-54(9,10)11)43-30-39(18-21-48(43)61(52)17-4)53-57-46(31-40(16-3)56-37(8)51(35(5)6)58(12)13)49(64-53)23-22-47-38(15-2)24-25-62(47)63;1-7-5-3-2-4-6-7;1-3-2/h15-16,18,21-23,30,32,34-36,38,40-41,47,51,56,63H,2-3,8,14,17,19-20,24-29,31,33H2,1,4-7,9-13H3;6H,2-5H2,1H3;1H,2H3/b23-22+;;/t36?,38?,40?,47-,51+;;/m1../s1. The van der Waals surface area contributed by atoms with Crippen LogP contribution in [0.5, 0.6) is 0 Å². The lowest BCUT2D eigenvalue weighted by Gasteiger charge is -2.36. The summed E-state index contributed by atoms with van der Waals surface area (Å²) in [4.78, 5) is 19.5. The molecule has 4 aliphatic rings. The Hall–Kier alpha value is -4.19. The van der Waals surface area contributed by atoms with E-state index in [2.05, 4.69) is 197 Å². The second-order valence-electron chi connectivity index (χ2n) is 23.0. The van der Waals surface area contributed by atoms with E-state index in [1.54, 1.807) is 18.3 Å². The molecule has 3 saturated heterocycles. The molecule has 0 spiro atoms. The zero-order chi connectivity index (χ0) is 53.9. The average molecular weight is 1040 g/mol. The fraction of sp³-hybridized carbons (Fsp3) is 0.581. The van der Waals surface area contributed by atoms with Gasteiger partial charge in [0.1, 0.15) is 5.01 Å². The lowest BCUT2D eigenvalue weighted by atomic mass is 9.85. The number of anilines is 1. The smallest absolute Gasteiger partial charge is 0.124 e. The molecule has 6 heterocycles. The number of thiol groups is 1. The number of terminal acetylenes is 1. The molecule has 10 nitrogen and oxygen atoms in total. The fourth-order valence-electron chi connectivity index (χ4n) is 11.2. The summed E-state index contributed by atoms with van der Waals surface area (Å²) in [6.45, 7) is 41.7. The maximum absolute atomic E-state index is 5.51. The molecule has 8 rings (SSSR count). The molecular formula is C62H94N10S2. The first-order valence-corrected chi connectivity index (χ1v) is 29.0. The number of aromatic nitrogens is 3. The molecule has 0 amide bonds. The highest BCUT2D eigenvalue weighted by Gasteiger charge is 2.33. The quantitative estimate of drug-likeness (QED) is 0.0484. The Bertz CT molecular complexity index is 2530. The third kappa shape index (κ3) is 15.1. The van der Waals surface area contributed by atoms with Gasteiger partial charge in [0.25, 0.3) is 0 Å². The van der Waals surface area contributed by atoms with Crippen LogP contribution in [0, 0.1) is 29.6 Å². The van der Waals surface area contributed by atoms with Crippen molar-refractivity contribution in [3.05, 3.63) is 96.0 Å². The molecule has 1 aliphatic carbocycles. The summed E-state index contributed by atoms with van der Waals surface area (Å²) in [6.07, 6.45) is 24.6. The molecule has 74 heavy (non-hydrogen) atoms. The highest BCUT2D eigenvalue weighted by molar-refractivity contribution is 7.77. The molecule has 0 bridgehead atoms. The third-order valence-corrected chi connectivity index (χ3v) is 16.9. The van der Waals surface area contributed by atoms with Crippen LogP contribution >= 0.6 is 24.2 Å². The van der Waals surface area contributed by atoms with Crippen LogP contribution in [-0.4, -0.2) is 125 Å². The third-order valence-electron chi connectivity index (χ3n) is 15.3. The van der Waals surface area contributed by atoms with Gasteiger partial charge in [0.2, 0.25) is 0 Å². The van der Waals surface area contributed by atoms with Gasteiger partial charge in [-0.1, -0.05) is 86.1 Å². The van der Waals surface area contributed by atoms with Crippen LogP contribution in [-0.2, 0) is 19.4 Å². The van der Waals surface area contributed by atoms with Gasteiger partial charge in [0.05, 0.1) is 39.9 Å². The Labute approximate surface area is 458 Å². The summed E-state index contributed by atoms with van der Waals surface area (Å²) in [7, 11) is 6.33. The predicted molar refractivity (Wildman–Crippen MR) is 324 cm³/mol. The number of fused-ring (bicyclic) bond motifs is 1. The Balaban J connectivity index is 0.000000805. The van der Waals surface area contributed by atoms with Crippen molar-refractivity contribution in [2.75, 3.05) is 71.9 Å². The Morgan fingerprint density at radius 1 is 1.04 bits per heavy atom. The largest absolute Gasteiger partial charge is 0.381 e. The molecule has 1 aromatic carbocycles. The first-order valence-electron chi connectivity index (χ1n) is 27.8. The molecule has 3 aliphatic heterocycles. The van der Waals surface area contributed by atoms with E-state index in [0.717, 1.165) is 93.1 Å². The van der Waals surface area contributed by atoms with Gasteiger partial charge in [-0.2, -0.15) is 0 Å². The van der Waals surface area contributed by atoms with Gasteiger partial charge in [0, 0.05) is 112 Å². The van der Waals surface area contributed by atoms with Crippen molar-refractivity contribution in [3.8, 4) is 34.2 Å². The highest BCUT2D eigenvalue weighted by Crippen LogP contribution is 2.44. The number of hydrogen-bond donors (Lipinski definition) is 3. The summed E-state index contributed by atoms with van der Waals surface area (Å²) in [5.74, 6) is 3.36. The van der Waals surface area contributed by atoms with Gasteiger partial charge < -0.3 is 19.7 Å². The number of rotatable bonds is 19. The van der Waals surface area contributed by atoms with Gasteiger partial charge in [-0.15, -0.1) is 36.8 Å². The molecule has 4 fully saturated rings. The number of hydrogen-bond acceptors (Lipinski definition) is 11. The maximum Gasteiger partial charge on any atom is 0.124 e. The summed E-state index contributed by atoms with van der Waals surface area (Å²) in [5, 5.41) is 8.23. The number of hydrazine groups is 1. The number of nitrogens with zero attached hydrogens (tertiary/aromatic N) is 8. The number of aryl methyl sites for hydroxylation is 1. The number of pyridine rings is 1. The Morgan fingerprint density at radius 3 is 2.31 bits per heavy atom. The van der Waals surface area contributed by atoms with Crippen molar-refractivity contribution >= 4 is 46.8 Å². The molecule has 4 aromatic rings. The van der Waals surface area contributed by atoms with Crippen LogP contribution in [0.25, 0.3) is 38.8 Å². The van der Waals surface area contributed by atoms with Crippen molar-refractivity contribution < 1.29 is 0 Å². The number of thiazole rings is 1. The van der Waals surface area contributed by atoms with Crippen molar-refractivity contribution in [1.29, 1.82) is 0 Å². The average Bonchev–Trinajstić information content (AvgIpc) is 3.96. The predicted octanol–water partition coefficient (Wildman–Crippen LogP) is 12.6. The van der Waals surface area contributed by atoms with Gasteiger partial charge in [0.15, 0.2) is 0 Å². The lowest BCUT2D eigenvalue weighted by molar-refractivity contribution is 0.194. The molecule has 3 unspecified atom stereocenters. The second-order valence-corrected chi connectivity index (χ2v) is 24.5. The van der Waals surface area contributed by atoms with E-state index >= 15 is 0 Å². The van der Waals surface area contributed by atoms with E-state index in [1.807, 2.05) is 6.08 Å². The van der Waals surface area contributed by atoms with Gasteiger partial charge >= 0.3 is 0 Å². The van der Waals surface area contributed by atoms with Crippen molar-refractivity contribution in [2.45, 2.75) is 150 Å². The topological polar surface area (TPSA) is 71.0 Å². The monoisotopic (exact) mass is 1040 g/mol. The first kappa shape index (κ1) is 59.1. The summed E-state index contributed by atoms with van der Waals surface area (Å²) in [5.41, 5.74) is 14.3. The maximum atomic E-state index is 5.51. The molecule has 0 radical (unpaired) electrons. The van der Waals surface area contributed by atoms with Crippen LogP contribution in [0.1, 0.15) is 129 Å². The fourth-order valence-corrected chi connectivity index (χ4v) is 12.6. The minimum absolute atomic E-state index is 0.0299. The van der Waals surface area contributed by atoms with Crippen LogP contribution < -0.4 is 15.6 Å². The molecule has 3 aromatic heterocycles. The zero-order valence-corrected chi connectivity index (χ0v) is 49.4. The number of likely N-dealkylation sites (N-methyl/N-ethyl adjacent to an activating group) is 1. The molecular weight excluding hydrogens is 949 g/mol. The molecule has 404 valence electrons. The number of piperazine rings is 1. The second kappa shape index (κ2) is 27.2. The van der Waals surface area contributed by atoms with E-state index in [0.29, 0.717) is 24.2 Å². The highest BCUT2D eigenvalue weighted by atomic mass is 32.1. The van der Waals surface area contributed by atoms with Crippen molar-refractivity contribution in [3.63, 3.8) is 0 Å².